The number of amides is 1. The van der Waals surface area contributed by atoms with Crippen LogP contribution in [0.3, 0.4) is 0 Å². The van der Waals surface area contributed by atoms with E-state index in [0.29, 0.717) is 12.8 Å². The number of hydrogen-bond acceptors (Lipinski definition) is 2. The fourth-order valence-electron chi connectivity index (χ4n) is 0.748. The van der Waals surface area contributed by atoms with Crippen molar-refractivity contribution in [3.63, 3.8) is 0 Å². The predicted molar refractivity (Wildman–Crippen MR) is 57.6 cm³/mol. The van der Waals surface area contributed by atoms with Gasteiger partial charge in [-0.3, -0.25) is 4.79 Å². The van der Waals surface area contributed by atoms with Gasteiger partial charge in [-0.25, -0.2) is 0 Å². The molecule has 0 aliphatic heterocycles. The molecule has 0 spiro atoms. The summed E-state index contributed by atoms with van der Waals surface area (Å²) in [4.78, 5) is 11.0. The first-order valence-electron chi connectivity index (χ1n) is 4.66. The van der Waals surface area contributed by atoms with Crippen LogP contribution in [0, 0.1) is 0 Å². The zero-order valence-electron chi connectivity index (χ0n) is 8.44. The molecule has 0 saturated heterocycles. The first kappa shape index (κ1) is 12.7. The number of carbonyl (C=O) groups excluding carboxylic acids is 1. The molecule has 0 bridgehead atoms. The summed E-state index contributed by atoms with van der Waals surface area (Å²) in [6.45, 7) is 1.99. The van der Waals surface area contributed by atoms with E-state index in [-0.39, 0.29) is 12.5 Å². The molecule has 0 unspecified atom stereocenters. The maximum absolute atomic E-state index is 11.0. The van der Waals surface area contributed by atoms with Gasteiger partial charge in [0.25, 0.3) is 0 Å². The summed E-state index contributed by atoms with van der Waals surface area (Å²) in [5.41, 5.74) is 0. The van der Waals surface area contributed by atoms with Crippen molar-refractivity contribution in [3.05, 3.63) is 36.6 Å². The lowest BCUT2D eigenvalue weighted by molar-refractivity contribution is -0.120. The molecule has 0 aromatic heterocycles. The molecular formula is C11H17NO2. The fourth-order valence-corrected chi connectivity index (χ4v) is 0.748. The van der Waals surface area contributed by atoms with Crippen LogP contribution in [0.1, 0.15) is 19.8 Å². The van der Waals surface area contributed by atoms with Crippen LogP contribution in [0.4, 0.5) is 0 Å². The molecule has 2 N–H and O–H groups in total. The van der Waals surface area contributed by atoms with Gasteiger partial charge in [-0.1, -0.05) is 24.3 Å². The van der Waals surface area contributed by atoms with E-state index in [0.717, 1.165) is 0 Å². The molecule has 0 rings (SSSR count). The van der Waals surface area contributed by atoms with Crippen molar-refractivity contribution in [1.82, 2.24) is 5.32 Å². The molecule has 0 atom stereocenters. The maximum atomic E-state index is 11.0. The average Bonchev–Trinajstić information content (AvgIpc) is 2.20. The van der Waals surface area contributed by atoms with E-state index in [1.54, 1.807) is 12.3 Å². The number of allylic oxidation sites excluding steroid dienone is 5. The SMILES string of the molecule is C\C=C/C=C\C=C\NC(=O)CCCO. The number of hydrogen-bond donors (Lipinski definition) is 2. The number of nitrogens with one attached hydrogen (secondary N) is 1. The summed E-state index contributed by atoms with van der Waals surface area (Å²) >= 11 is 0. The van der Waals surface area contributed by atoms with Crippen molar-refractivity contribution in [2.75, 3.05) is 6.61 Å². The van der Waals surface area contributed by atoms with Gasteiger partial charge in [0, 0.05) is 19.2 Å². The van der Waals surface area contributed by atoms with Crippen LogP contribution in [0.2, 0.25) is 0 Å². The van der Waals surface area contributed by atoms with Crippen molar-refractivity contribution in [3.8, 4) is 0 Å². The molecule has 0 aromatic carbocycles. The van der Waals surface area contributed by atoms with E-state index < -0.39 is 0 Å². The van der Waals surface area contributed by atoms with Crippen molar-refractivity contribution in [1.29, 1.82) is 0 Å². The molecule has 0 heterocycles. The zero-order valence-corrected chi connectivity index (χ0v) is 8.44. The van der Waals surface area contributed by atoms with Gasteiger partial charge >= 0.3 is 0 Å². The standard InChI is InChI=1S/C11H17NO2/c1-2-3-4-5-6-9-12-11(14)8-7-10-13/h2-6,9,13H,7-8,10H2,1H3,(H,12,14)/b3-2-,5-4-,9-6+. The van der Waals surface area contributed by atoms with E-state index in [2.05, 4.69) is 5.32 Å². The second-order valence-electron chi connectivity index (χ2n) is 2.66. The summed E-state index contributed by atoms with van der Waals surface area (Å²) in [6, 6.07) is 0. The van der Waals surface area contributed by atoms with Gasteiger partial charge in [0.2, 0.25) is 5.91 Å². The molecule has 78 valence electrons. The summed E-state index contributed by atoms with van der Waals surface area (Å²) in [7, 11) is 0. The Morgan fingerprint density at radius 3 is 2.64 bits per heavy atom. The molecule has 1 amide bonds. The first-order valence-corrected chi connectivity index (χ1v) is 4.66. The van der Waals surface area contributed by atoms with E-state index >= 15 is 0 Å². The molecule has 3 nitrogen and oxygen atoms in total. The quantitative estimate of drug-likeness (QED) is 0.631. The lowest BCUT2D eigenvalue weighted by Crippen LogP contribution is -2.16. The maximum Gasteiger partial charge on any atom is 0.223 e. The molecule has 0 aliphatic carbocycles. The molecule has 0 saturated carbocycles. The van der Waals surface area contributed by atoms with Gasteiger partial charge in [-0.15, -0.1) is 0 Å². The highest BCUT2D eigenvalue weighted by Gasteiger charge is 1.95. The Morgan fingerprint density at radius 1 is 1.29 bits per heavy atom. The summed E-state index contributed by atoms with van der Waals surface area (Å²) in [6.07, 6.45) is 11.7. The average molecular weight is 195 g/mol. The van der Waals surface area contributed by atoms with Gasteiger partial charge in [-0.2, -0.15) is 0 Å². The third kappa shape index (κ3) is 8.74. The van der Waals surface area contributed by atoms with E-state index in [1.165, 1.54) is 0 Å². The summed E-state index contributed by atoms with van der Waals surface area (Å²) in [5, 5.41) is 11.1. The van der Waals surface area contributed by atoms with Gasteiger partial charge in [0.15, 0.2) is 0 Å². The van der Waals surface area contributed by atoms with E-state index in [9.17, 15) is 4.79 Å². The van der Waals surface area contributed by atoms with Crippen molar-refractivity contribution in [2.45, 2.75) is 19.8 Å². The minimum Gasteiger partial charge on any atom is -0.396 e. The molecule has 14 heavy (non-hydrogen) atoms. The molecule has 0 fully saturated rings. The number of rotatable bonds is 6. The Hall–Kier alpha value is -1.35. The van der Waals surface area contributed by atoms with Gasteiger partial charge in [0.1, 0.15) is 0 Å². The highest BCUT2D eigenvalue weighted by atomic mass is 16.3. The summed E-state index contributed by atoms with van der Waals surface area (Å²) < 4.78 is 0. The fraction of sp³-hybridized carbons (Fsp3) is 0.364. The number of aliphatic hydroxyl groups is 1. The van der Waals surface area contributed by atoms with Gasteiger partial charge in [-0.05, 0) is 19.4 Å². The first-order chi connectivity index (χ1) is 6.81. The lowest BCUT2D eigenvalue weighted by atomic mass is 10.3. The topological polar surface area (TPSA) is 49.3 Å². The van der Waals surface area contributed by atoms with Gasteiger partial charge in [0.05, 0.1) is 0 Å². The van der Waals surface area contributed by atoms with Crippen molar-refractivity contribution < 1.29 is 9.90 Å². The number of aliphatic hydroxyl groups excluding tert-OH is 1. The second-order valence-corrected chi connectivity index (χ2v) is 2.66. The molecule has 3 heteroatoms. The van der Waals surface area contributed by atoms with E-state index in [1.807, 2.05) is 31.2 Å². The van der Waals surface area contributed by atoms with Crippen LogP contribution in [-0.4, -0.2) is 17.6 Å². The molecule has 0 aromatic rings. The Kier molecular flexibility index (Phi) is 8.80. The predicted octanol–water partition coefficient (Wildman–Crippen LogP) is 1.52. The zero-order chi connectivity index (χ0) is 10.6. The molecule has 0 radical (unpaired) electrons. The summed E-state index contributed by atoms with van der Waals surface area (Å²) in [5.74, 6) is -0.0743. The van der Waals surface area contributed by atoms with Crippen LogP contribution >= 0.6 is 0 Å². The normalized spacial score (nSPS) is 11.9. The Balaban J connectivity index is 3.55. The molecule has 0 aliphatic rings. The smallest absolute Gasteiger partial charge is 0.223 e. The van der Waals surface area contributed by atoms with Crippen molar-refractivity contribution >= 4 is 5.91 Å². The largest absolute Gasteiger partial charge is 0.396 e. The van der Waals surface area contributed by atoms with Crippen LogP contribution < -0.4 is 5.32 Å². The monoisotopic (exact) mass is 195 g/mol. The van der Waals surface area contributed by atoms with E-state index in [4.69, 9.17) is 5.11 Å². The lowest BCUT2D eigenvalue weighted by Gasteiger charge is -1.96. The van der Waals surface area contributed by atoms with Crippen molar-refractivity contribution in [2.24, 2.45) is 0 Å². The Bertz CT molecular complexity index is 229. The molecular weight excluding hydrogens is 178 g/mol. The van der Waals surface area contributed by atoms with Crippen LogP contribution in [0.15, 0.2) is 36.6 Å². The minimum absolute atomic E-state index is 0.0539. The van der Waals surface area contributed by atoms with Crippen LogP contribution in [-0.2, 0) is 4.79 Å². The minimum atomic E-state index is -0.0743. The highest BCUT2D eigenvalue weighted by molar-refractivity contribution is 5.76. The Labute approximate surface area is 84.8 Å². The van der Waals surface area contributed by atoms with Crippen LogP contribution in [0.5, 0.6) is 0 Å². The second kappa shape index (κ2) is 9.74. The number of carbonyl (C=O) groups is 1. The third-order valence-electron chi connectivity index (χ3n) is 1.43. The Morgan fingerprint density at radius 2 is 2.00 bits per heavy atom. The van der Waals surface area contributed by atoms with Crippen LogP contribution in [0.25, 0.3) is 0 Å². The highest BCUT2D eigenvalue weighted by Crippen LogP contribution is 1.86. The third-order valence-corrected chi connectivity index (χ3v) is 1.43. The van der Waals surface area contributed by atoms with Gasteiger partial charge < -0.3 is 10.4 Å².